The molecule has 1 aromatic heterocycles. The van der Waals surface area contributed by atoms with Crippen LogP contribution in [0.1, 0.15) is 45.0 Å². The lowest BCUT2D eigenvalue weighted by Gasteiger charge is -2.17. The highest BCUT2D eigenvalue weighted by molar-refractivity contribution is 5.12. The molecule has 3 atom stereocenters. The van der Waals surface area contributed by atoms with Gasteiger partial charge in [0.05, 0.1) is 11.8 Å². The molecule has 1 aromatic rings. The predicted octanol–water partition coefficient (Wildman–Crippen LogP) is 2.41. The summed E-state index contributed by atoms with van der Waals surface area (Å²) in [5.74, 6) is 1.05. The van der Waals surface area contributed by atoms with Gasteiger partial charge in [-0.2, -0.15) is 5.10 Å². The van der Waals surface area contributed by atoms with E-state index in [1.807, 2.05) is 0 Å². The molecule has 3 heteroatoms. The van der Waals surface area contributed by atoms with E-state index in [0.717, 1.165) is 32.2 Å². The number of nitrogens with zero attached hydrogens (tertiary/aromatic N) is 2. The van der Waals surface area contributed by atoms with Crippen LogP contribution < -0.4 is 0 Å². The molecule has 96 valence electrons. The Labute approximate surface area is 104 Å². The summed E-state index contributed by atoms with van der Waals surface area (Å²) in [7, 11) is 0. The van der Waals surface area contributed by atoms with Crippen LogP contribution in [0.5, 0.6) is 0 Å². The Morgan fingerprint density at radius 3 is 2.71 bits per heavy atom. The van der Waals surface area contributed by atoms with Crippen LogP contribution in [0.15, 0.2) is 6.07 Å². The molecule has 0 aromatic carbocycles. The van der Waals surface area contributed by atoms with Crippen LogP contribution in [0.4, 0.5) is 0 Å². The maximum Gasteiger partial charge on any atom is 0.0624 e. The smallest absolute Gasteiger partial charge is 0.0624 e. The Bertz CT molecular complexity index is 372. The van der Waals surface area contributed by atoms with Crippen molar-refractivity contribution < 1.29 is 5.11 Å². The van der Waals surface area contributed by atoms with Gasteiger partial charge in [-0.1, -0.05) is 13.8 Å². The molecule has 1 fully saturated rings. The van der Waals surface area contributed by atoms with E-state index in [9.17, 15) is 5.11 Å². The average Bonchev–Trinajstić information content (AvgIpc) is 2.87. The van der Waals surface area contributed by atoms with E-state index in [1.54, 1.807) is 0 Å². The second-order valence-electron chi connectivity index (χ2n) is 5.26. The topological polar surface area (TPSA) is 38.0 Å². The van der Waals surface area contributed by atoms with Gasteiger partial charge in [-0.3, -0.25) is 4.68 Å². The fourth-order valence-corrected chi connectivity index (χ4v) is 2.91. The van der Waals surface area contributed by atoms with Crippen molar-refractivity contribution >= 4 is 0 Å². The molecule has 0 amide bonds. The number of aliphatic hydroxyl groups excluding tert-OH is 1. The first kappa shape index (κ1) is 12.6. The third-order valence-electron chi connectivity index (χ3n) is 4.23. The quantitative estimate of drug-likeness (QED) is 0.872. The number of hydrogen-bond donors (Lipinski definition) is 1. The number of aryl methyl sites for hydroxylation is 2. The molecule has 1 N–H and O–H groups in total. The number of rotatable bonds is 4. The first-order valence-corrected chi connectivity index (χ1v) is 6.89. The maximum atomic E-state index is 9.80. The highest BCUT2D eigenvalue weighted by atomic mass is 16.3. The van der Waals surface area contributed by atoms with Crippen LogP contribution in [-0.2, 0) is 19.4 Å². The summed E-state index contributed by atoms with van der Waals surface area (Å²) in [5.41, 5.74) is 2.53. The van der Waals surface area contributed by atoms with Crippen molar-refractivity contribution in [2.75, 3.05) is 0 Å². The molecule has 1 aliphatic rings. The lowest BCUT2D eigenvalue weighted by atomic mass is 9.92. The van der Waals surface area contributed by atoms with Gasteiger partial charge < -0.3 is 5.11 Å². The Hall–Kier alpha value is -0.830. The van der Waals surface area contributed by atoms with E-state index >= 15 is 0 Å². The second kappa shape index (κ2) is 5.21. The zero-order valence-electron chi connectivity index (χ0n) is 11.2. The van der Waals surface area contributed by atoms with Gasteiger partial charge in [0.15, 0.2) is 0 Å². The van der Waals surface area contributed by atoms with E-state index in [1.165, 1.54) is 11.4 Å². The molecule has 3 unspecified atom stereocenters. The number of aromatic nitrogens is 2. The lowest BCUT2D eigenvalue weighted by Crippen LogP contribution is -2.18. The first-order chi connectivity index (χ1) is 8.15. The Balaban J connectivity index is 2.10. The van der Waals surface area contributed by atoms with E-state index in [4.69, 9.17) is 0 Å². The highest BCUT2D eigenvalue weighted by Gasteiger charge is 2.31. The second-order valence-corrected chi connectivity index (χ2v) is 5.26. The molecule has 1 saturated carbocycles. The van der Waals surface area contributed by atoms with Crippen LogP contribution in [-0.4, -0.2) is 21.0 Å². The van der Waals surface area contributed by atoms with Gasteiger partial charge in [0.25, 0.3) is 0 Å². The van der Waals surface area contributed by atoms with Crippen molar-refractivity contribution in [2.24, 2.45) is 11.8 Å². The van der Waals surface area contributed by atoms with Crippen LogP contribution in [0.25, 0.3) is 0 Å². The Kier molecular flexibility index (Phi) is 3.87. The molecule has 0 radical (unpaired) electrons. The Morgan fingerprint density at radius 1 is 1.41 bits per heavy atom. The van der Waals surface area contributed by atoms with Crippen molar-refractivity contribution in [1.29, 1.82) is 0 Å². The summed E-state index contributed by atoms with van der Waals surface area (Å²) in [6.45, 7) is 7.41. The third kappa shape index (κ3) is 2.54. The van der Waals surface area contributed by atoms with E-state index < -0.39 is 0 Å². The normalized spacial score (nSPS) is 28.8. The zero-order chi connectivity index (χ0) is 12.4. The van der Waals surface area contributed by atoms with Gasteiger partial charge in [0, 0.05) is 12.2 Å². The van der Waals surface area contributed by atoms with Crippen LogP contribution in [0.2, 0.25) is 0 Å². The van der Waals surface area contributed by atoms with Crippen LogP contribution in [0.3, 0.4) is 0 Å². The SMILES string of the molecule is CCc1cc(CC2CCC(O)C2C)n(CC)n1. The summed E-state index contributed by atoms with van der Waals surface area (Å²) in [6, 6.07) is 2.24. The molecule has 1 heterocycles. The van der Waals surface area contributed by atoms with Crippen molar-refractivity contribution in [3.8, 4) is 0 Å². The van der Waals surface area contributed by atoms with Gasteiger partial charge >= 0.3 is 0 Å². The molecule has 0 aliphatic heterocycles. The summed E-state index contributed by atoms with van der Waals surface area (Å²) < 4.78 is 2.12. The molecule has 0 bridgehead atoms. The molecular weight excluding hydrogens is 212 g/mol. The molecule has 17 heavy (non-hydrogen) atoms. The van der Waals surface area contributed by atoms with Crippen molar-refractivity contribution in [3.63, 3.8) is 0 Å². The summed E-state index contributed by atoms with van der Waals surface area (Å²) in [6.07, 6.45) is 4.09. The van der Waals surface area contributed by atoms with Gasteiger partial charge in [-0.15, -0.1) is 0 Å². The van der Waals surface area contributed by atoms with E-state index in [0.29, 0.717) is 11.8 Å². The Morgan fingerprint density at radius 2 is 2.18 bits per heavy atom. The number of hydrogen-bond acceptors (Lipinski definition) is 2. The van der Waals surface area contributed by atoms with Crippen LogP contribution >= 0.6 is 0 Å². The molecule has 1 aliphatic carbocycles. The fourth-order valence-electron chi connectivity index (χ4n) is 2.91. The zero-order valence-corrected chi connectivity index (χ0v) is 11.2. The van der Waals surface area contributed by atoms with Crippen molar-refractivity contribution in [2.45, 2.75) is 59.1 Å². The maximum absolute atomic E-state index is 9.80. The van der Waals surface area contributed by atoms with Gasteiger partial charge in [-0.05, 0) is 50.5 Å². The minimum absolute atomic E-state index is 0.0938. The minimum atomic E-state index is -0.0938. The summed E-state index contributed by atoms with van der Waals surface area (Å²) >= 11 is 0. The molecular formula is C14H24N2O. The fraction of sp³-hybridized carbons (Fsp3) is 0.786. The van der Waals surface area contributed by atoms with E-state index in [-0.39, 0.29) is 6.10 Å². The minimum Gasteiger partial charge on any atom is -0.393 e. The largest absolute Gasteiger partial charge is 0.393 e. The van der Waals surface area contributed by atoms with E-state index in [2.05, 4.69) is 36.6 Å². The standard InChI is InChI=1S/C14H24N2O/c1-4-12-9-13(16(5-2)15-12)8-11-6-7-14(17)10(11)3/h9-11,14,17H,4-8H2,1-3H3. The monoisotopic (exact) mass is 236 g/mol. The summed E-state index contributed by atoms with van der Waals surface area (Å²) in [5, 5.41) is 14.4. The van der Waals surface area contributed by atoms with Gasteiger partial charge in [0.1, 0.15) is 0 Å². The summed E-state index contributed by atoms with van der Waals surface area (Å²) in [4.78, 5) is 0. The number of aliphatic hydroxyl groups is 1. The average molecular weight is 236 g/mol. The first-order valence-electron chi connectivity index (χ1n) is 6.89. The van der Waals surface area contributed by atoms with Gasteiger partial charge in [0.2, 0.25) is 0 Å². The third-order valence-corrected chi connectivity index (χ3v) is 4.23. The van der Waals surface area contributed by atoms with Crippen molar-refractivity contribution in [1.82, 2.24) is 9.78 Å². The lowest BCUT2D eigenvalue weighted by molar-refractivity contribution is 0.127. The molecule has 3 nitrogen and oxygen atoms in total. The highest BCUT2D eigenvalue weighted by Crippen LogP contribution is 2.34. The predicted molar refractivity (Wildman–Crippen MR) is 68.9 cm³/mol. The van der Waals surface area contributed by atoms with Gasteiger partial charge in [-0.25, -0.2) is 0 Å². The van der Waals surface area contributed by atoms with Crippen LogP contribution in [0, 0.1) is 11.8 Å². The van der Waals surface area contributed by atoms with Crippen molar-refractivity contribution in [3.05, 3.63) is 17.5 Å². The molecule has 0 saturated heterocycles. The molecule has 0 spiro atoms. The molecule has 2 rings (SSSR count).